The Kier molecular flexibility index (Phi) is 5.22. The van der Waals surface area contributed by atoms with E-state index in [0.29, 0.717) is 12.4 Å². The third kappa shape index (κ3) is 4.05. The number of nitrogens with zero attached hydrogens (tertiary/aromatic N) is 5. The molecule has 5 rings (SSSR count). The summed E-state index contributed by atoms with van der Waals surface area (Å²) in [7, 11) is 1.87. The second-order valence-corrected chi connectivity index (χ2v) is 10.7. The van der Waals surface area contributed by atoms with Crippen molar-refractivity contribution in [2.75, 3.05) is 42.5 Å². The second kappa shape index (κ2) is 7.89. The first-order valence-electron chi connectivity index (χ1n) is 11.8. The first kappa shape index (κ1) is 22.5. The van der Waals surface area contributed by atoms with Gasteiger partial charge in [0.25, 0.3) is 0 Å². The minimum Gasteiger partial charge on any atom is -0.444 e. The molecule has 4 heterocycles. The Morgan fingerprint density at radius 2 is 1.82 bits per heavy atom. The van der Waals surface area contributed by atoms with E-state index in [9.17, 15) is 14.4 Å². The lowest BCUT2D eigenvalue weighted by molar-refractivity contribution is -0.120. The lowest BCUT2D eigenvalue weighted by Crippen LogP contribution is -2.61. The first-order valence-corrected chi connectivity index (χ1v) is 11.8. The van der Waals surface area contributed by atoms with Gasteiger partial charge in [-0.2, -0.15) is 5.10 Å². The SMILES string of the molecule is Cn1nc(N2CCC(=O)NC2=O)c2ccc(N3CC4(CCN(C(=O)OC(C)(C)C)CC4)C3)cc21. The molecule has 3 aliphatic heterocycles. The fourth-order valence-electron chi connectivity index (χ4n) is 5.14. The number of aryl methyl sites for hydroxylation is 1. The van der Waals surface area contributed by atoms with Crippen LogP contribution in [0.5, 0.6) is 0 Å². The molecule has 10 heteroatoms. The normalized spacial score (nSPS) is 20.5. The number of amides is 4. The van der Waals surface area contributed by atoms with Crippen LogP contribution in [0.4, 0.5) is 21.1 Å². The van der Waals surface area contributed by atoms with Gasteiger partial charge in [-0.25, -0.2) is 9.59 Å². The summed E-state index contributed by atoms with van der Waals surface area (Å²) in [5.41, 5.74) is 1.83. The Bertz CT molecular complexity index is 1150. The number of carbonyl (C=O) groups is 3. The predicted molar refractivity (Wildman–Crippen MR) is 128 cm³/mol. The molecule has 0 bridgehead atoms. The van der Waals surface area contributed by atoms with Gasteiger partial charge >= 0.3 is 12.1 Å². The van der Waals surface area contributed by atoms with E-state index in [1.807, 2.05) is 38.8 Å². The number of urea groups is 1. The molecule has 3 aliphatic rings. The number of imide groups is 1. The number of ether oxygens (including phenoxy) is 1. The van der Waals surface area contributed by atoms with Crippen molar-refractivity contribution in [3.63, 3.8) is 0 Å². The maximum Gasteiger partial charge on any atom is 0.410 e. The number of nitrogens with one attached hydrogen (secondary N) is 1. The van der Waals surface area contributed by atoms with Crippen molar-refractivity contribution in [1.82, 2.24) is 20.0 Å². The molecule has 0 saturated carbocycles. The molecular weight excluding hydrogens is 436 g/mol. The molecule has 3 saturated heterocycles. The Labute approximate surface area is 198 Å². The van der Waals surface area contributed by atoms with Crippen molar-refractivity contribution in [3.8, 4) is 0 Å². The summed E-state index contributed by atoms with van der Waals surface area (Å²) in [5, 5.41) is 7.82. The molecule has 1 aromatic heterocycles. The molecule has 4 amide bonds. The van der Waals surface area contributed by atoms with Crippen LogP contribution < -0.4 is 15.1 Å². The summed E-state index contributed by atoms with van der Waals surface area (Å²) < 4.78 is 7.30. The number of fused-ring (bicyclic) bond motifs is 1. The van der Waals surface area contributed by atoms with Crippen LogP contribution in [-0.2, 0) is 16.6 Å². The van der Waals surface area contributed by atoms with E-state index in [0.717, 1.165) is 55.6 Å². The lowest BCUT2D eigenvalue weighted by atomic mass is 9.72. The quantitative estimate of drug-likeness (QED) is 0.728. The zero-order valence-electron chi connectivity index (χ0n) is 20.3. The first-order chi connectivity index (χ1) is 16.0. The van der Waals surface area contributed by atoms with Crippen LogP contribution in [0.3, 0.4) is 0 Å². The maximum absolute atomic E-state index is 12.4. The molecule has 1 N–H and O–H groups in total. The molecule has 1 spiro atoms. The summed E-state index contributed by atoms with van der Waals surface area (Å²) in [4.78, 5) is 41.9. The largest absolute Gasteiger partial charge is 0.444 e. The third-order valence-electron chi connectivity index (χ3n) is 7.02. The van der Waals surface area contributed by atoms with Crippen LogP contribution in [0, 0.1) is 5.41 Å². The topological polar surface area (TPSA) is 100 Å². The highest BCUT2D eigenvalue weighted by Crippen LogP contribution is 2.43. The predicted octanol–water partition coefficient (Wildman–Crippen LogP) is 2.86. The molecule has 0 unspecified atom stereocenters. The van der Waals surface area contributed by atoms with E-state index in [-0.39, 0.29) is 23.8 Å². The number of likely N-dealkylation sites (tertiary alicyclic amines) is 1. The van der Waals surface area contributed by atoms with Crippen LogP contribution in [0.1, 0.15) is 40.0 Å². The number of anilines is 2. The average Bonchev–Trinajstić information content (AvgIpc) is 3.06. The number of hydrogen-bond acceptors (Lipinski definition) is 6. The average molecular weight is 469 g/mol. The van der Waals surface area contributed by atoms with Gasteiger partial charge in [0, 0.05) is 62.7 Å². The van der Waals surface area contributed by atoms with E-state index in [4.69, 9.17) is 4.74 Å². The zero-order chi connectivity index (χ0) is 24.3. The molecule has 0 aliphatic carbocycles. The summed E-state index contributed by atoms with van der Waals surface area (Å²) in [6.45, 7) is 9.39. The molecular formula is C24H32N6O4. The Morgan fingerprint density at radius 3 is 2.47 bits per heavy atom. The van der Waals surface area contributed by atoms with Gasteiger partial charge in [0.2, 0.25) is 5.91 Å². The van der Waals surface area contributed by atoms with Crippen LogP contribution in [0.25, 0.3) is 10.9 Å². The smallest absolute Gasteiger partial charge is 0.410 e. The van der Waals surface area contributed by atoms with Crippen molar-refractivity contribution in [2.45, 2.75) is 45.6 Å². The van der Waals surface area contributed by atoms with E-state index >= 15 is 0 Å². The number of piperidine rings is 1. The van der Waals surface area contributed by atoms with Crippen LogP contribution in [-0.4, -0.2) is 71.0 Å². The van der Waals surface area contributed by atoms with Crippen molar-refractivity contribution < 1.29 is 19.1 Å². The van der Waals surface area contributed by atoms with Gasteiger partial charge in [-0.15, -0.1) is 0 Å². The monoisotopic (exact) mass is 468 g/mol. The molecule has 0 radical (unpaired) electrons. The molecule has 10 nitrogen and oxygen atoms in total. The molecule has 1 aromatic carbocycles. The number of carbonyl (C=O) groups excluding carboxylic acids is 3. The van der Waals surface area contributed by atoms with Gasteiger partial charge in [0.1, 0.15) is 5.60 Å². The van der Waals surface area contributed by atoms with E-state index in [1.54, 1.807) is 4.68 Å². The van der Waals surface area contributed by atoms with Crippen molar-refractivity contribution in [1.29, 1.82) is 0 Å². The van der Waals surface area contributed by atoms with Gasteiger partial charge in [0.15, 0.2) is 5.82 Å². The van der Waals surface area contributed by atoms with Gasteiger partial charge in [0.05, 0.1) is 5.52 Å². The van der Waals surface area contributed by atoms with E-state index < -0.39 is 11.6 Å². The van der Waals surface area contributed by atoms with Gasteiger partial charge < -0.3 is 14.5 Å². The Morgan fingerprint density at radius 1 is 1.12 bits per heavy atom. The van der Waals surface area contributed by atoms with Crippen LogP contribution in [0.15, 0.2) is 18.2 Å². The van der Waals surface area contributed by atoms with Gasteiger partial charge in [-0.1, -0.05) is 0 Å². The fourth-order valence-corrected chi connectivity index (χ4v) is 5.14. The third-order valence-corrected chi connectivity index (χ3v) is 7.02. The van der Waals surface area contributed by atoms with Crippen LogP contribution in [0.2, 0.25) is 0 Å². The highest BCUT2D eigenvalue weighted by molar-refractivity contribution is 6.09. The zero-order valence-corrected chi connectivity index (χ0v) is 20.3. The lowest BCUT2D eigenvalue weighted by Gasteiger charge is -2.55. The Hall–Kier alpha value is -3.30. The maximum atomic E-state index is 12.4. The number of benzene rings is 1. The molecule has 182 valence electrons. The van der Waals surface area contributed by atoms with E-state index in [2.05, 4.69) is 27.4 Å². The molecule has 34 heavy (non-hydrogen) atoms. The number of aromatic nitrogens is 2. The van der Waals surface area contributed by atoms with Crippen molar-refractivity contribution >= 4 is 40.4 Å². The highest BCUT2D eigenvalue weighted by Gasteiger charge is 2.46. The molecule has 3 fully saturated rings. The summed E-state index contributed by atoms with van der Waals surface area (Å²) >= 11 is 0. The standard InChI is InChI=1S/C24H32N6O4/c1-23(2,3)34-22(33)28-11-8-24(9-12-28)14-29(15-24)16-5-6-17-18(13-16)27(4)26-20(17)30-10-7-19(31)25-21(30)32/h5-6,13H,7-12,14-15H2,1-4H3,(H,25,31,32). The minimum absolute atomic E-state index is 0.220. The number of rotatable bonds is 2. The number of hydrogen-bond donors (Lipinski definition) is 1. The fraction of sp³-hybridized carbons (Fsp3) is 0.583. The van der Waals surface area contributed by atoms with Gasteiger partial charge in [-0.3, -0.25) is 19.7 Å². The van der Waals surface area contributed by atoms with Crippen molar-refractivity contribution in [2.24, 2.45) is 12.5 Å². The highest BCUT2D eigenvalue weighted by atomic mass is 16.6. The van der Waals surface area contributed by atoms with Gasteiger partial charge in [-0.05, 0) is 51.8 Å². The minimum atomic E-state index is -0.473. The van der Waals surface area contributed by atoms with Crippen molar-refractivity contribution in [3.05, 3.63) is 18.2 Å². The summed E-state index contributed by atoms with van der Waals surface area (Å²) in [5.74, 6) is 0.316. The second-order valence-electron chi connectivity index (χ2n) is 10.7. The molecule has 0 atom stereocenters. The summed E-state index contributed by atoms with van der Waals surface area (Å²) in [6, 6.07) is 5.76. The Balaban J connectivity index is 1.25. The molecule has 2 aromatic rings. The van der Waals surface area contributed by atoms with Crippen LogP contribution >= 0.6 is 0 Å². The van der Waals surface area contributed by atoms with E-state index in [1.165, 1.54) is 4.90 Å². The summed E-state index contributed by atoms with van der Waals surface area (Å²) in [6.07, 6.45) is 2.00.